The molecule has 0 fully saturated rings. The molecule has 0 saturated heterocycles. The van der Waals surface area contributed by atoms with Crippen LogP contribution in [0, 0.1) is 0 Å². The maximum absolute atomic E-state index is 11.7. The summed E-state index contributed by atoms with van der Waals surface area (Å²) in [6.45, 7) is 0. The number of aliphatic hydroxyl groups excluding tert-OH is 1. The van der Waals surface area contributed by atoms with Crippen LogP contribution in [0.5, 0.6) is 0 Å². The van der Waals surface area contributed by atoms with Gasteiger partial charge in [-0.05, 0) is 10.8 Å². The summed E-state index contributed by atoms with van der Waals surface area (Å²) in [4.78, 5) is 22.1. The van der Waals surface area contributed by atoms with Crippen LogP contribution < -0.4 is 0 Å². The number of aliphatic carboxylic acids is 1. The van der Waals surface area contributed by atoms with E-state index >= 15 is 0 Å². The van der Waals surface area contributed by atoms with Gasteiger partial charge in [-0.25, -0.2) is 9.16 Å². The first-order valence-corrected chi connectivity index (χ1v) is 7.72. The van der Waals surface area contributed by atoms with Crippen molar-refractivity contribution in [2.45, 2.75) is 0 Å². The van der Waals surface area contributed by atoms with Gasteiger partial charge in [-0.3, -0.25) is 4.79 Å². The van der Waals surface area contributed by atoms with E-state index in [1.807, 2.05) is 30.3 Å². The Kier molecular flexibility index (Phi) is 4.18. The Labute approximate surface area is 115 Å². The number of hydrogen-bond donors (Lipinski definition) is 2. The molecule has 19 heavy (non-hydrogen) atoms. The van der Waals surface area contributed by atoms with Crippen LogP contribution in [-0.2, 0) is 19.3 Å². The molecule has 5 nitrogen and oxygen atoms in total. The lowest BCUT2D eigenvalue weighted by molar-refractivity contribution is -0.135. The number of carboxylic acids is 1. The third-order valence-corrected chi connectivity index (χ3v) is 5.03. The van der Waals surface area contributed by atoms with Crippen molar-refractivity contribution in [3.63, 3.8) is 0 Å². The quantitative estimate of drug-likeness (QED) is 0.508. The predicted molar refractivity (Wildman–Crippen MR) is 75.2 cm³/mol. The zero-order chi connectivity index (χ0) is 13.8. The van der Waals surface area contributed by atoms with Crippen LogP contribution in [0.3, 0.4) is 0 Å². The zero-order valence-corrected chi connectivity index (χ0v) is 11.1. The van der Waals surface area contributed by atoms with Crippen LogP contribution in [0.2, 0.25) is 0 Å². The molecule has 1 aromatic rings. The average Bonchev–Trinajstić information content (AvgIpc) is 2.89. The molecular weight excluding hydrogens is 286 g/mol. The second kappa shape index (κ2) is 5.85. The molecule has 1 atom stereocenters. The molecule has 1 heterocycles. The first-order valence-electron chi connectivity index (χ1n) is 5.14. The van der Waals surface area contributed by atoms with E-state index in [4.69, 9.17) is 10.2 Å². The van der Waals surface area contributed by atoms with E-state index in [1.54, 1.807) is 5.41 Å². The number of nitrogens with zero attached hydrogens (tertiary/aromatic N) is 1. The number of carbonyl (C=O) groups excluding carboxylic acids is 1. The Morgan fingerprint density at radius 1 is 1.21 bits per heavy atom. The van der Waals surface area contributed by atoms with E-state index in [0.717, 1.165) is 5.56 Å². The molecule has 0 bridgehead atoms. The summed E-state index contributed by atoms with van der Waals surface area (Å²) >= 11 is 0. The second-order valence-electron chi connectivity index (χ2n) is 3.46. The molecule has 0 aliphatic carbocycles. The molecular formula is C12H9NO4S2. The molecule has 2 N–H and O–H groups in total. The van der Waals surface area contributed by atoms with E-state index in [-0.39, 0.29) is 0 Å². The van der Waals surface area contributed by atoms with Gasteiger partial charge in [0.25, 0.3) is 0 Å². The monoisotopic (exact) mass is 295 g/mol. The first-order chi connectivity index (χ1) is 9.08. The molecule has 0 amide bonds. The van der Waals surface area contributed by atoms with Gasteiger partial charge < -0.3 is 10.2 Å². The molecule has 1 aliphatic rings. The van der Waals surface area contributed by atoms with Crippen molar-refractivity contribution in [3.05, 3.63) is 53.1 Å². The van der Waals surface area contributed by atoms with E-state index in [9.17, 15) is 9.59 Å². The Hall–Kier alpha value is -1.86. The van der Waals surface area contributed by atoms with Gasteiger partial charge in [0.15, 0.2) is 0 Å². The summed E-state index contributed by atoms with van der Waals surface area (Å²) in [5.41, 5.74) is 1.58. The standard InChI is InChI=1S/C12H9NO4S2/c14-10(12(16)17)6-11(15)19-13-9(7-18-19)8-4-2-1-3-5-8/h1-7,14H,(H,16,17). The number of carbonyl (C=O) groups is 2. The number of carboxylic acid groups (broad SMARTS) is 1. The van der Waals surface area contributed by atoms with Gasteiger partial charge in [0.05, 0.1) is 5.70 Å². The number of rotatable bonds is 3. The van der Waals surface area contributed by atoms with Crippen LogP contribution in [-0.4, -0.2) is 21.3 Å². The van der Waals surface area contributed by atoms with Crippen LogP contribution in [0.1, 0.15) is 5.56 Å². The number of hydrogen-bond acceptors (Lipinski definition) is 5. The van der Waals surface area contributed by atoms with Crippen LogP contribution in [0.25, 0.3) is 5.70 Å². The topological polar surface area (TPSA) is 87.0 Å². The lowest BCUT2D eigenvalue weighted by Gasteiger charge is -1.97. The maximum Gasteiger partial charge on any atom is 0.371 e. The van der Waals surface area contributed by atoms with Crippen LogP contribution in [0.15, 0.2) is 51.9 Å². The largest absolute Gasteiger partial charge is 0.502 e. The first kappa shape index (κ1) is 13.6. The molecule has 2 rings (SSSR count). The Balaban J connectivity index is 2.17. The van der Waals surface area contributed by atoms with Gasteiger partial charge in [-0.15, -0.1) is 0 Å². The minimum Gasteiger partial charge on any atom is -0.502 e. The minimum absolute atomic E-state index is 0.521. The van der Waals surface area contributed by atoms with E-state index in [0.29, 0.717) is 11.8 Å². The van der Waals surface area contributed by atoms with Crippen molar-refractivity contribution in [2.75, 3.05) is 0 Å². The smallest absolute Gasteiger partial charge is 0.371 e. The lowest BCUT2D eigenvalue weighted by Crippen LogP contribution is -2.05. The number of benzene rings is 1. The SMILES string of the molecule is O=C(O)C(O)=CC(=O)S1=NC(c2ccccc2)=CS1. The third-order valence-electron chi connectivity index (χ3n) is 2.15. The molecule has 1 aliphatic heterocycles. The van der Waals surface area contributed by atoms with Gasteiger partial charge in [0, 0.05) is 26.8 Å². The normalized spacial score (nSPS) is 18.6. The highest BCUT2D eigenvalue weighted by molar-refractivity contribution is 8.76. The van der Waals surface area contributed by atoms with E-state index in [1.165, 1.54) is 10.8 Å². The van der Waals surface area contributed by atoms with Crippen LogP contribution in [0.4, 0.5) is 0 Å². The van der Waals surface area contributed by atoms with E-state index in [2.05, 4.69) is 4.36 Å². The van der Waals surface area contributed by atoms with Crippen molar-refractivity contribution in [3.8, 4) is 0 Å². The Morgan fingerprint density at radius 3 is 2.53 bits per heavy atom. The fourth-order valence-electron chi connectivity index (χ4n) is 1.27. The summed E-state index contributed by atoms with van der Waals surface area (Å²) in [6.07, 6.45) is 0.698. The Morgan fingerprint density at radius 2 is 1.89 bits per heavy atom. The third kappa shape index (κ3) is 3.33. The van der Waals surface area contributed by atoms with Crippen molar-refractivity contribution >= 4 is 37.3 Å². The number of aliphatic hydroxyl groups is 1. The summed E-state index contributed by atoms with van der Waals surface area (Å²) < 4.78 is 4.22. The predicted octanol–water partition coefficient (Wildman–Crippen LogP) is 2.50. The minimum atomic E-state index is -1.53. The van der Waals surface area contributed by atoms with Crippen molar-refractivity contribution in [1.82, 2.24) is 0 Å². The lowest BCUT2D eigenvalue weighted by atomic mass is 10.2. The fraction of sp³-hybridized carbons (Fsp3) is 0. The molecule has 0 radical (unpaired) electrons. The molecule has 1 unspecified atom stereocenters. The highest BCUT2D eigenvalue weighted by Gasteiger charge is 2.17. The van der Waals surface area contributed by atoms with Crippen molar-refractivity contribution in [2.24, 2.45) is 4.36 Å². The molecule has 98 valence electrons. The molecule has 7 heteroatoms. The van der Waals surface area contributed by atoms with Crippen molar-refractivity contribution < 1.29 is 19.8 Å². The zero-order valence-electron chi connectivity index (χ0n) is 9.52. The highest BCUT2D eigenvalue weighted by atomic mass is 33.1. The van der Waals surface area contributed by atoms with Gasteiger partial charge in [0.1, 0.15) is 0 Å². The van der Waals surface area contributed by atoms with Gasteiger partial charge in [0.2, 0.25) is 10.9 Å². The molecule has 0 aromatic heterocycles. The highest BCUT2D eigenvalue weighted by Crippen LogP contribution is 2.32. The van der Waals surface area contributed by atoms with Crippen molar-refractivity contribution in [1.29, 1.82) is 0 Å². The summed E-state index contributed by atoms with van der Waals surface area (Å²) in [6, 6.07) is 9.36. The average molecular weight is 295 g/mol. The molecule has 0 spiro atoms. The van der Waals surface area contributed by atoms with Gasteiger partial charge in [-0.1, -0.05) is 30.3 Å². The Bertz CT molecular complexity index is 620. The molecule has 1 aromatic carbocycles. The van der Waals surface area contributed by atoms with Gasteiger partial charge >= 0.3 is 5.97 Å². The van der Waals surface area contributed by atoms with E-state index < -0.39 is 26.6 Å². The second-order valence-corrected chi connectivity index (χ2v) is 6.50. The molecule has 0 saturated carbocycles. The van der Waals surface area contributed by atoms with Crippen LogP contribution >= 0.6 is 10.8 Å². The fourth-order valence-corrected chi connectivity index (χ4v) is 3.83. The maximum atomic E-state index is 11.7. The summed E-state index contributed by atoms with van der Waals surface area (Å²) in [7, 11) is 0.179. The summed E-state index contributed by atoms with van der Waals surface area (Å²) in [5.74, 6) is -2.50. The van der Waals surface area contributed by atoms with Gasteiger partial charge in [-0.2, -0.15) is 0 Å². The summed E-state index contributed by atoms with van der Waals surface area (Å²) in [5, 5.41) is 18.7.